The fraction of sp³-hybridized carbons (Fsp3) is 0.0667. The summed E-state index contributed by atoms with van der Waals surface area (Å²) in [4.78, 5) is 42.8. The second kappa shape index (κ2) is 6.59. The molecule has 1 aliphatic heterocycles. The Hall–Kier alpha value is -4.22. The fourth-order valence-electron chi connectivity index (χ4n) is 2.50. The van der Waals surface area contributed by atoms with Gasteiger partial charge in [0.25, 0.3) is 17.3 Å². The molecule has 27 heavy (non-hydrogen) atoms. The predicted octanol–water partition coefficient (Wildman–Crippen LogP) is 2.55. The Morgan fingerprint density at radius 2 is 1.44 bits per heavy atom. The second-order valence-electron chi connectivity index (χ2n) is 5.42. The van der Waals surface area contributed by atoms with Gasteiger partial charge >= 0.3 is 5.69 Å². The highest BCUT2D eigenvalue weighted by Crippen LogP contribution is 2.34. The third-order valence-corrected chi connectivity index (χ3v) is 3.78. The van der Waals surface area contributed by atoms with E-state index in [9.17, 15) is 35.1 Å². The first-order valence-corrected chi connectivity index (χ1v) is 7.36. The Kier molecular flexibility index (Phi) is 4.29. The van der Waals surface area contributed by atoms with Gasteiger partial charge in [0.1, 0.15) is 5.69 Å². The normalized spacial score (nSPS) is 13.4. The average molecular weight is 371 g/mol. The minimum atomic E-state index is -0.838. The van der Waals surface area contributed by atoms with E-state index in [4.69, 9.17) is 0 Å². The second-order valence-corrected chi connectivity index (χ2v) is 5.42. The molecule has 1 aliphatic rings. The molecule has 1 amide bonds. The van der Waals surface area contributed by atoms with Crippen LogP contribution in [-0.4, -0.2) is 26.4 Å². The standard InChI is InChI=1S/C15H9N5O7/c21-15-8-12(9-1-3-10(4-2-9)18(22)23)16-17(15)13-6-5-11(19(24)25)7-14(13)20(26)27/h1-7H,8H2. The Labute approximate surface area is 149 Å². The van der Waals surface area contributed by atoms with Crippen molar-refractivity contribution in [3.05, 3.63) is 78.4 Å². The van der Waals surface area contributed by atoms with E-state index in [2.05, 4.69) is 5.10 Å². The number of benzene rings is 2. The quantitative estimate of drug-likeness (QED) is 0.576. The van der Waals surface area contributed by atoms with Gasteiger partial charge in [-0.25, -0.2) is 0 Å². The van der Waals surface area contributed by atoms with Crippen LogP contribution < -0.4 is 5.01 Å². The fourth-order valence-corrected chi connectivity index (χ4v) is 2.50. The Morgan fingerprint density at radius 1 is 0.852 bits per heavy atom. The zero-order valence-electron chi connectivity index (χ0n) is 13.3. The molecule has 0 bridgehead atoms. The molecule has 3 rings (SSSR count). The van der Waals surface area contributed by atoms with Crippen molar-refractivity contribution < 1.29 is 19.6 Å². The topological polar surface area (TPSA) is 162 Å². The SMILES string of the molecule is O=C1CC(c2ccc([N+](=O)[O-])cc2)=NN1c1ccc([N+](=O)[O-])cc1[N+](=O)[O-]. The van der Waals surface area contributed by atoms with Crippen LogP contribution in [0.1, 0.15) is 12.0 Å². The van der Waals surface area contributed by atoms with Crippen LogP contribution in [0.4, 0.5) is 22.7 Å². The van der Waals surface area contributed by atoms with Gasteiger partial charge < -0.3 is 0 Å². The van der Waals surface area contributed by atoms with E-state index in [1.54, 1.807) is 0 Å². The predicted molar refractivity (Wildman–Crippen MR) is 91.5 cm³/mol. The molecule has 0 spiro atoms. The van der Waals surface area contributed by atoms with Crippen molar-refractivity contribution >= 4 is 34.4 Å². The maximum absolute atomic E-state index is 12.3. The number of hydrogen-bond donors (Lipinski definition) is 0. The maximum Gasteiger partial charge on any atom is 0.301 e. The van der Waals surface area contributed by atoms with Gasteiger partial charge in [-0.2, -0.15) is 10.1 Å². The molecule has 0 aromatic heterocycles. The first-order chi connectivity index (χ1) is 12.8. The number of anilines is 1. The Morgan fingerprint density at radius 3 is 2.00 bits per heavy atom. The molecule has 0 fully saturated rings. The number of nitrogens with zero attached hydrogens (tertiary/aromatic N) is 5. The van der Waals surface area contributed by atoms with E-state index in [-0.39, 0.29) is 23.5 Å². The van der Waals surface area contributed by atoms with Crippen molar-refractivity contribution in [2.75, 3.05) is 5.01 Å². The first kappa shape index (κ1) is 17.6. The monoisotopic (exact) mass is 371 g/mol. The number of rotatable bonds is 5. The van der Waals surface area contributed by atoms with Gasteiger partial charge in [0.15, 0.2) is 0 Å². The van der Waals surface area contributed by atoms with Crippen LogP contribution in [0.25, 0.3) is 0 Å². The lowest BCUT2D eigenvalue weighted by Crippen LogP contribution is -2.20. The van der Waals surface area contributed by atoms with Gasteiger partial charge in [0.2, 0.25) is 0 Å². The van der Waals surface area contributed by atoms with E-state index >= 15 is 0 Å². The molecule has 2 aromatic rings. The average Bonchev–Trinajstić information content (AvgIpc) is 3.02. The van der Waals surface area contributed by atoms with Crippen molar-refractivity contribution in [1.82, 2.24) is 0 Å². The number of nitro benzene ring substituents is 3. The van der Waals surface area contributed by atoms with Crippen LogP contribution in [-0.2, 0) is 4.79 Å². The summed E-state index contributed by atoms with van der Waals surface area (Å²) in [5, 5.41) is 37.6. The molecule has 0 radical (unpaired) electrons. The van der Waals surface area contributed by atoms with E-state index in [1.807, 2.05) is 0 Å². The van der Waals surface area contributed by atoms with Crippen molar-refractivity contribution in [2.24, 2.45) is 5.10 Å². The summed E-state index contributed by atoms with van der Waals surface area (Å²) in [6.07, 6.45) is -0.175. The van der Waals surface area contributed by atoms with E-state index < -0.39 is 32.1 Å². The number of hydrazone groups is 1. The molecule has 12 nitrogen and oxygen atoms in total. The molecule has 0 aliphatic carbocycles. The van der Waals surface area contributed by atoms with Crippen molar-refractivity contribution in [3.63, 3.8) is 0 Å². The largest absolute Gasteiger partial charge is 0.301 e. The van der Waals surface area contributed by atoms with Crippen molar-refractivity contribution in [2.45, 2.75) is 6.42 Å². The molecule has 1 heterocycles. The Bertz CT molecular complexity index is 1020. The van der Waals surface area contributed by atoms with Crippen molar-refractivity contribution in [3.8, 4) is 0 Å². The molecule has 0 atom stereocenters. The number of hydrogen-bond acceptors (Lipinski definition) is 8. The van der Waals surface area contributed by atoms with Crippen LogP contribution in [0.5, 0.6) is 0 Å². The molecule has 0 unspecified atom stereocenters. The zero-order chi connectivity index (χ0) is 19.7. The van der Waals surface area contributed by atoms with Crippen LogP contribution in [0, 0.1) is 30.3 Å². The van der Waals surface area contributed by atoms with Gasteiger partial charge in [-0.15, -0.1) is 0 Å². The van der Waals surface area contributed by atoms with E-state index in [0.29, 0.717) is 5.56 Å². The molecular formula is C15H9N5O7. The summed E-state index contributed by atoms with van der Waals surface area (Å²) < 4.78 is 0. The van der Waals surface area contributed by atoms with Crippen LogP contribution in [0.3, 0.4) is 0 Å². The molecule has 0 saturated carbocycles. The van der Waals surface area contributed by atoms with Gasteiger partial charge in [-0.3, -0.25) is 35.1 Å². The Balaban J connectivity index is 2.00. The number of non-ortho nitro benzene ring substituents is 2. The smallest absolute Gasteiger partial charge is 0.272 e. The van der Waals surface area contributed by atoms with E-state index in [0.717, 1.165) is 23.2 Å². The maximum atomic E-state index is 12.3. The summed E-state index contributed by atoms with van der Waals surface area (Å²) >= 11 is 0. The lowest BCUT2D eigenvalue weighted by Gasteiger charge is -2.11. The third-order valence-electron chi connectivity index (χ3n) is 3.78. The summed E-state index contributed by atoms with van der Waals surface area (Å²) in [6, 6.07) is 8.20. The van der Waals surface area contributed by atoms with Gasteiger partial charge in [-0.05, 0) is 23.8 Å². The van der Waals surface area contributed by atoms with E-state index in [1.165, 1.54) is 24.3 Å². The highest BCUT2D eigenvalue weighted by molar-refractivity contribution is 6.19. The summed E-state index contributed by atoms with van der Waals surface area (Å²) in [7, 11) is 0. The number of nitro groups is 3. The molecule has 12 heteroatoms. The lowest BCUT2D eigenvalue weighted by atomic mass is 10.1. The first-order valence-electron chi connectivity index (χ1n) is 7.36. The molecular weight excluding hydrogens is 362 g/mol. The summed E-state index contributed by atoms with van der Waals surface area (Å²) in [6.45, 7) is 0. The zero-order valence-corrected chi connectivity index (χ0v) is 13.3. The van der Waals surface area contributed by atoms with Gasteiger partial charge in [0.05, 0.1) is 33.0 Å². The molecule has 2 aromatic carbocycles. The molecule has 0 N–H and O–H groups in total. The molecule has 136 valence electrons. The summed E-state index contributed by atoms with van der Waals surface area (Å²) in [5.41, 5.74) is -0.745. The van der Waals surface area contributed by atoms with Crippen LogP contribution >= 0.6 is 0 Å². The minimum Gasteiger partial charge on any atom is -0.272 e. The lowest BCUT2D eigenvalue weighted by molar-refractivity contribution is -0.393. The third kappa shape index (κ3) is 3.30. The highest BCUT2D eigenvalue weighted by atomic mass is 16.6. The van der Waals surface area contributed by atoms with Crippen LogP contribution in [0.15, 0.2) is 47.6 Å². The van der Waals surface area contributed by atoms with Gasteiger partial charge in [-0.1, -0.05) is 0 Å². The molecule has 0 saturated heterocycles. The van der Waals surface area contributed by atoms with Gasteiger partial charge in [0, 0.05) is 18.2 Å². The van der Waals surface area contributed by atoms with Crippen molar-refractivity contribution in [1.29, 1.82) is 0 Å². The highest BCUT2D eigenvalue weighted by Gasteiger charge is 2.32. The minimum absolute atomic E-state index is 0.133. The number of carbonyl (C=O) groups excluding carboxylic acids is 1. The van der Waals surface area contributed by atoms with Crippen LogP contribution in [0.2, 0.25) is 0 Å². The number of amides is 1. The number of carbonyl (C=O) groups is 1. The summed E-state index contributed by atoms with van der Waals surface area (Å²) in [5.74, 6) is -0.569.